The van der Waals surface area contributed by atoms with Crippen molar-refractivity contribution in [1.82, 2.24) is 20.2 Å². The Balaban J connectivity index is 1.89. The summed E-state index contributed by atoms with van der Waals surface area (Å²) in [4.78, 5) is 8.98. The van der Waals surface area contributed by atoms with Gasteiger partial charge in [0.2, 0.25) is 5.95 Å². The number of H-pyrrole nitrogens is 1. The number of anilines is 2. The van der Waals surface area contributed by atoms with Gasteiger partial charge in [-0.05, 0) is 18.3 Å². The van der Waals surface area contributed by atoms with E-state index in [2.05, 4.69) is 51.6 Å². The average molecular weight is 260 g/mol. The Bertz CT molecular complexity index is 588. The van der Waals surface area contributed by atoms with E-state index in [0.717, 1.165) is 29.8 Å². The summed E-state index contributed by atoms with van der Waals surface area (Å²) in [6, 6.07) is 0.486. The van der Waals surface area contributed by atoms with Crippen LogP contribution in [0.5, 0.6) is 0 Å². The monoisotopic (exact) mass is 260 g/mol. The zero-order valence-corrected chi connectivity index (χ0v) is 11.6. The van der Waals surface area contributed by atoms with Crippen molar-refractivity contribution in [2.24, 2.45) is 5.41 Å². The van der Waals surface area contributed by atoms with Crippen molar-refractivity contribution in [1.29, 1.82) is 0 Å². The van der Waals surface area contributed by atoms with Crippen LogP contribution in [-0.2, 0) is 0 Å². The van der Waals surface area contributed by atoms with Crippen molar-refractivity contribution in [3.05, 3.63) is 6.20 Å². The lowest BCUT2D eigenvalue weighted by molar-refractivity contribution is 0.630. The van der Waals surface area contributed by atoms with Gasteiger partial charge in [-0.15, -0.1) is 0 Å². The molecule has 1 fully saturated rings. The van der Waals surface area contributed by atoms with Crippen molar-refractivity contribution >= 4 is 22.8 Å². The van der Waals surface area contributed by atoms with Crippen molar-refractivity contribution in [3.63, 3.8) is 0 Å². The van der Waals surface area contributed by atoms with Crippen molar-refractivity contribution in [2.45, 2.75) is 39.7 Å². The second-order valence-corrected chi connectivity index (χ2v) is 5.84. The summed E-state index contributed by atoms with van der Waals surface area (Å²) in [7, 11) is 0. The van der Waals surface area contributed by atoms with Crippen LogP contribution in [0.15, 0.2) is 6.20 Å². The Morgan fingerprint density at radius 1 is 1.42 bits per heavy atom. The maximum atomic E-state index is 4.56. The molecule has 0 radical (unpaired) electrons. The third kappa shape index (κ3) is 2.34. The Labute approximate surface area is 112 Å². The van der Waals surface area contributed by atoms with E-state index in [1.54, 1.807) is 6.20 Å². The van der Waals surface area contributed by atoms with E-state index in [4.69, 9.17) is 0 Å². The van der Waals surface area contributed by atoms with Crippen LogP contribution in [0.4, 0.5) is 11.8 Å². The Morgan fingerprint density at radius 3 is 2.89 bits per heavy atom. The van der Waals surface area contributed by atoms with E-state index in [1.807, 2.05) is 0 Å². The molecule has 6 heteroatoms. The molecular weight excluding hydrogens is 240 g/mol. The highest BCUT2D eigenvalue weighted by atomic mass is 15.2. The molecule has 0 spiro atoms. The predicted molar refractivity (Wildman–Crippen MR) is 76.3 cm³/mol. The normalized spacial score (nSPS) is 20.5. The van der Waals surface area contributed by atoms with Crippen molar-refractivity contribution < 1.29 is 0 Å². The average Bonchev–Trinajstić information content (AvgIpc) is 2.78. The van der Waals surface area contributed by atoms with Gasteiger partial charge in [-0.3, -0.25) is 5.10 Å². The molecule has 3 N–H and O–H groups in total. The van der Waals surface area contributed by atoms with E-state index in [0.29, 0.717) is 17.4 Å². The Morgan fingerprint density at radius 2 is 2.21 bits per heavy atom. The summed E-state index contributed by atoms with van der Waals surface area (Å²) in [6.07, 6.45) is 3.99. The molecule has 2 heterocycles. The van der Waals surface area contributed by atoms with Crippen molar-refractivity contribution in [2.75, 3.05) is 17.2 Å². The lowest BCUT2D eigenvalue weighted by Gasteiger charge is -2.10. The van der Waals surface area contributed by atoms with E-state index < -0.39 is 0 Å². The standard InChI is InChI=1S/C13H20N6/c1-4-5-14-12-17-10(16-9-6-13(9,2)3)8-7-15-19-11(8)18-12/h7,9H,4-6H2,1-3H3,(H3,14,15,16,17,18,19). The SMILES string of the molecule is CCCNc1nc(NC2CC2(C)C)c2cn[nH]c2n1. The fourth-order valence-corrected chi connectivity index (χ4v) is 2.14. The summed E-state index contributed by atoms with van der Waals surface area (Å²) >= 11 is 0. The minimum Gasteiger partial charge on any atom is -0.366 e. The molecular formula is C13H20N6. The molecule has 6 nitrogen and oxygen atoms in total. The first-order chi connectivity index (χ1) is 9.10. The Kier molecular flexibility index (Phi) is 2.80. The van der Waals surface area contributed by atoms with Gasteiger partial charge >= 0.3 is 0 Å². The number of nitrogens with one attached hydrogen (secondary N) is 3. The summed E-state index contributed by atoms with van der Waals surface area (Å²) in [6.45, 7) is 7.50. The predicted octanol–water partition coefficient (Wildman–Crippen LogP) is 2.39. The third-order valence-corrected chi connectivity index (χ3v) is 3.67. The first kappa shape index (κ1) is 12.2. The molecule has 0 aromatic carbocycles. The minimum absolute atomic E-state index is 0.359. The number of rotatable bonds is 5. The van der Waals surface area contributed by atoms with Crippen LogP contribution < -0.4 is 10.6 Å². The summed E-state index contributed by atoms with van der Waals surface area (Å²) in [5.41, 5.74) is 1.13. The van der Waals surface area contributed by atoms with E-state index in [-0.39, 0.29) is 0 Å². The molecule has 2 aromatic heterocycles. The van der Waals surface area contributed by atoms with Crippen molar-refractivity contribution in [3.8, 4) is 0 Å². The molecule has 19 heavy (non-hydrogen) atoms. The smallest absolute Gasteiger partial charge is 0.226 e. The molecule has 1 aliphatic rings. The highest BCUT2D eigenvalue weighted by Crippen LogP contribution is 2.46. The zero-order valence-electron chi connectivity index (χ0n) is 11.6. The molecule has 0 bridgehead atoms. The molecule has 3 rings (SSSR count). The molecule has 0 aliphatic heterocycles. The van der Waals surface area contributed by atoms with E-state index >= 15 is 0 Å². The van der Waals surface area contributed by atoms with Crippen LogP contribution in [0.1, 0.15) is 33.6 Å². The van der Waals surface area contributed by atoms with Crippen LogP contribution in [0.3, 0.4) is 0 Å². The second kappa shape index (κ2) is 4.36. The summed E-state index contributed by atoms with van der Waals surface area (Å²) in [5.74, 6) is 1.52. The fraction of sp³-hybridized carbons (Fsp3) is 0.615. The summed E-state index contributed by atoms with van der Waals surface area (Å²) < 4.78 is 0. The van der Waals surface area contributed by atoms with Gasteiger partial charge in [0.05, 0.1) is 11.6 Å². The van der Waals surface area contributed by atoms with Crippen LogP contribution in [0, 0.1) is 5.41 Å². The maximum Gasteiger partial charge on any atom is 0.226 e. The van der Waals surface area contributed by atoms with Gasteiger partial charge in [0.15, 0.2) is 5.65 Å². The van der Waals surface area contributed by atoms with Gasteiger partial charge in [-0.25, -0.2) is 0 Å². The van der Waals surface area contributed by atoms with Gasteiger partial charge in [0.25, 0.3) is 0 Å². The van der Waals surface area contributed by atoms with Gasteiger partial charge < -0.3 is 10.6 Å². The van der Waals surface area contributed by atoms with E-state index in [1.165, 1.54) is 6.42 Å². The van der Waals surface area contributed by atoms with Crippen LogP contribution >= 0.6 is 0 Å². The first-order valence-corrected chi connectivity index (χ1v) is 6.81. The van der Waals surface area contributed by atoms with E-state index in [9.17, 15) is 0 Å². The highest BCUT2D eigenvalue weighted by Gasteiger charge is 2.46. The largest absolute Gasteiger partial charge is 0.366 e. The first-order valence-electron chi connectivity index (χ1n) is 6.81. The number of aromatic amines is 1. The van der Waals surface area contributed by atoms with Crippen LogP contribution in [0.2, 0.25) is 0 Å². The molecule has 1 atom stereocenters. The number of hydrogen-bond acceptors (Lipinski definition) is 5. The lowest BCUT2D eigenvalue weighted by atomic mass is 10.2. The molecule has 1 aliphatic carbocycles. The third-order valence-electron chi connectivity index (χ3n) is 3.67. The van der Waals surface area contributed by atoms with Gasteiger partial charge in [-0.1, -0.05) is 20.8 Å². The van der Waals surface area contributed by atoms with Crippen LogP contribution in [0.25, 0.3) is 11.0 Å². The minimum atomic E-state index is 0.359. The number of nitrogens with zero attached hydrogens (tertiary/aromatic N) is 3. The summed E-state index contributed by atoms with van der Waals surface area (Å²) in [5, 5.41) is 14.6. The lowest BCUT2D eigenvalue weighted by Crippen LogP contribution is -2.12. The second-order valence-electron chi connectivity index (χ2n) is 5.84. The van der Waals surface area contributed by atoms with Gasteiger partial charge in [0, 0.05) is 12.6 Å². The molecule has 102 valence electrons. The number of fused-ring (bicyclic) bond motifs is 1. The van der Waals surface area contributed by atoms with Gasteiger partial charge in [-0.2, -0.15) is 15.1 Å². The Hall–Kier alpha value is -1.85. The van der Waals surface area contributed by atoms with Gasteiger partial charge in [0.1, 0.15) is 5.82 Å². The topological polar surface area (TPSA) is 78.5 Å². The molecule has 1 saturated carbocycles. The fourth-order valence-electron chi connectivity index (χ4n) is 2.14. The zero-order chi connectivity index (χ0) is 13.5. The molecule has 2 aromatic rings. The number of hydrogen-bond donors (Lipinski definition) is 3. The molecule has 0 saturated heterocycles. The van der Waals surface area contributed by atoms with Crippen LogP contribution in [-0.4, -0.2) is 32.8 Å². The molecule has 0 amide bonds. The quantitative estimate of drug-likeness (QED) is 0.769. The molecule has 1 unspecified atom stereocenters. The maximum absolute atomic E-state index is 4.56. The number of aromatic nitrogens is 4. The highest BCUT2D eigenvalue weighted by molar-refractivity contribution is 5.87.